The van der Waals surface area contributed by atoms with E-state index in [9.17, 15) is 9.90 Å². The molecular weight excluding hydrogens is 354 g/mol. The van der Waals surface area contributed by atoms with E-state index in [1.807, 2.05) is 24.4 Å². The summed E-state index contributed by atoms with van der Waals surface area (Å²) in [6.07, 6.45) is 2.55. The van der Waals surface area contributed by atoms with Crippen LogP contribution >= 0.6 is 0 Å². The normalized spacial score (nSPS) is 16.1. The maximum absolute atomic E-state index is 12.4. The molecule has 1 aliphatic rings. The van der Waals surface area contributed by atoms with Crippen molar-refractivity contribution in [3.63, 3.8) is 0 Å². The van der Waals surface area contributed by atoms with Gasteiger partial charge < -0.3 is 14.4 Å². The molecule has 0 unspecified atom stereocenters. The molecule has 0 spiro atoms. The number of pyridine rings is 1. The number of nitrogens with zero attached hydrogens (tertiary/aromatic N) is 5. The van der Waals surface area contributed by atoms with Crippen LogP contribution in [0.25, 0.3) is 16.9 Å². The Morgan fingerprint density at radius 3 is 2.68 bits per heavy atom. The maximum Gasteiger partial charge on any atom is 0.266 e. The molecule has 28 heavy (non-hydrogen) atoms. The van der Waals surface area contributed by atoms with Crippen molar-refractivity contribution < 1.29 is 5.11 Å². The van der Waals surface area contributed by atoms with Gasteiger partial charge in [0, 0.05) is 57.1 Å². The Balaban J connectivity index is 1.63. The first-order valence-electron chi connectivity index (χ1n) is 9.85. The summed E-state index contributed by atoms with van der Waals surface area (Å²) < 4.78 is 3.64. The van der Waals surface area contributed by atoms with Crippen molar-refractivity contribution in [2.24, 2.45) is 0 Å². The van der Waals surface area contributed by atoms with Crippen LogP contribution in [0.1, 0.15) is 5.56 Å². The van der Waals surface area contributed by atoms with Crippen molar-refractivity contribution in [3.8, 4) is 11.4 Å². The van der Waals surface area contributed by atoms with E-state index < -0.39 is 0 Å². The average molecular weight is 381 g/mol. The van der Waals surface area contributed by atoms with E-state index in [-0.39, 0.29) is 12.2 Å². The van der Waals surface area contributed by atoms with Crippen molar-refractivity contribution in [2.75, 3.05) is 46.4 Å². The summed E-state index contributed by atoms with van der Waals surface area (Å²) in [5, 5.41) is 14.1. The number of aliphatic hydroxyl groups is 1. The molecule has 0 amide bonds. The molecule has 3 aromatic heterocycles. The van der Waals surface area contributed by atoms with Crippen molar-refractivity contribution in [1.82, 2.24) is 24.0 Å². The fourth-order valence-electron chi connectivity index (χ4n) is 3.82. The SMILES string of the molecule is CN1CCN(CCn2nc(-c3c(CCO)cc4ccccn34)ccc2=O)CC1. The van der Waals surface area contributed by atoms with Crippen LogP contribution in [0.3, 0.4) is 0 Å². The van der Waals surface area contributed by atoms with Gasteiger partial charge in [-0.15, -0.1) is 0 Å². The van der Waals surface area contributed by atoms with E-state index in [0.717, 1.165) is 55.2 Å². The van der Waals surface area contributed by atoms with E-state index in [0.29, 0.717) is 13.0 Å². The number of hydrogen-bond donors (Lipinski definition) is 1. The van der Waals surface area contributed by atoms with Crippen LogP contribution in [-0.4, -0.2) is 75.5 Å². The molecule has 0 aliphatic carbocycles. The van der Waals surface area contributed by atoms with Crippen LogP contribution in [-0.2, 0) is 13.0 Å². The minimum absolute atomic E-state index is 0.0763. The molecule has 7 nitrogen and oxygen atoms in total. The molecule has 1 saturated heterocycles. The van der Waals surface area contributed by atoms with Crippen LogP contribution in [0.15, 0.2) is 47.4 Å². The summed E-state index contributed by atoms with van der Waals surface area (Å²) in [5.41, 5.74) is 3.71. The molecular formula is C21H27N5O2. The van der Waals surface area contributed by atoms with Crippen molar-refractivity contribution in [3.05, 3.63) is 58.5 Å². The molecule has 7 heteroatoms. The second-order valence-electron chi connectivity index (χ2n) is 7.41. The minimum atomic E-state index is -0.0811. The quantitative estimate of drug-likeness (QED) is 0.689. The van der Waals surface area contributed by atoms with Gasteiger partial charge in [0.15, 0.2) is 0 Å². The Hall–Kier alpha value is -2.48. The number of fused-ring (bicyclic) bond motifs is 1. The largest absolute Gasteiger partial charge is 0.396 e. The van der Waals surface area contributed by atoms with E-state index in [2.05, 4.69) is 32.4 Å². The zero-order valence-corrected chi connectivity index (χ0v) is 16.3. The Morgan fingerprint density at radius 1 is 1.07 bits per heavy atom. The molecule has 4 rings (SSSR count). The average Bonchev–Trinajstić information content (AvgIpc) is 3.07. The van der Waals surface area contributed by atoms with Crippen molar-refractivity contribution in [1.29, 1.82) is 0 Å². The molecule has 0 aromatic carbocycles. The highest BCUT2D eigenvalue weighted by atomic mass is 16.3. The van der Waals surface area contributed by atoms with Gasteiger partial charge in [0.1, 0.15) is 5.69 Å². The zero-order chi connectivity index (χ0) is 19.5. The summed E-state index contributed by atoms with van der Waals surface area (Å²) in [4.78, 5) is 17.1. The standard InChI is InChI=1S/C21H27N5O2/c1-23-9-11-24(12-10-23)13-14-26-20(28)6-5-19(22-26)21-17(7-15-27)16-18-4-2-3-8-25(18)21/h2-6,8,16,27H,7,9-15H2,1H3. The van der Waals surface area contributed by atoms with Gasteiger partial charge in [0.2, 0.25) is 0 Å². The second-order valence-corrected chi connectivity index (χ2v) is 7.41. The summed E-state index contributed by atoms with van der Waals surface area (Å²) in [6, 6.07) is 11.5. The third-order valence-corrected chi connectivity index (χ3v) is 5.47. The summed E-state index contributed by atoms with van der Waals surface area (Å²) in [6.45, 7) is 5.64. The summed E-state index contributed by atoms with van der Waals surface area (Å²) in [7, 11) is 2.14. The third-order valence-electron chi connectivity index (χ3n) is 5.47. The molecule has 1 N–H and O–H groups in total. The number of hydrogen-bond acceptors (Lipinski definition) is 5. The van der Waals surface area contributed by atoms with Crippen LogP contribution < -0.4 is 5.56 Å². The monoisotopic (exact) mass is 381 g/mol. The van der Waals surface area contributed by atoms with Crippen LogP contribution in [0.4, 0.5) is 0 Å². The number of aromatic nitrogens is 3. The first-order valence-corrected chi connectivity index (χ1v) is 9.85. The summed E-state index contributed by atoms with van der Waals surface area (Å²) in [5.74, 6) is 0. The molecule has 0 atom stereocenters. The topological polar surface area (TPSA) is 66.0 Å². The lowest BCUT2D eigenvalue weighted by molar-refractivity contribution is 0.148. The second kappa shape index (κ2) is 8.26. The molecule has 1 aliphatic heterocycles. The molecule has 0 bridgehead atoms. The smallest absolute Gasteiger partial charge is 0.266 e. The summed E-state index contributed by atoms with van der Waals surface area (Å²) >= 11 is 0. The van der Waals surface area contributed by atoms with Crippen LogP contribution in [0.5, 0.6) is 0 Å². The van der Waals surface area contributed by atoms with Gasteiger partial charge in [-0.05, 0) is 43.3 Å². The Kier molecular flexibility index (Phi) is 5.57. The lowest BCUT2D eigenvalue weighted by atomic mass is 10.1. The molecule has 3 aromatic rings. The number of rotatable bonds is 6. The first kappa shape index (κ1) is 18.9. The molecule has 1 fully saturated rings. The van der Waals surface area contributed by atoms with Crippen molar-refractivity contribution >= 4 is 5.52 Å². The van der Waals surface area contributed by atoms with E-state index in [4.69, 9.17) is 0 Å². The highest BCUT2D eigenvalue weighted by molar-refractivity contribution is 5.69. The van der Waals surface area contributed by atoms with Gasteiger partial charge in [-0.1, -0.05) is 6.07 Å². The minimum Gasteiger partial charge on any atom is -0.396 e. The predicted octanol–water partition coefficient (Wildman–Crippen LogP) is 0.945. The Labute approximate surface area is 164 Å². The Bertz CT molecular complexity index is 1000. The van der Waals surface area contributed by atoms with E-state index >= 15 is 0 Å². The van der Waals surface area contributed by atoms with Gasteiger partial charge in [-0.3, -0.25) is 9.69 Å². The highest BCUT2D eigenvalue weighted by Crippen LogP contribution is 2.26. The highest BCUT2D eigenvalue weighted by Gasteiger charge is 2.16. The van der Waals surface area contributed by atoms with E-state index in [1.54, 1.807) is 16.8 Å². The number of likely N-dealkylation sites (N-methyl/N-ethyl adjacent to an activating group) is 1. The molecule has 0 saturated carbocycles. The van der Waals surface area contributed by atoms with E-state index in [1.165, 1.54) is 0 Å². The molecule has 0 radical (unpaired) electrons. The van der Waals surface area contributed by atoms with Gasteiger partial charge >= 0.3 is 0 Å². The van der Waals surface area contributed by atoms with Gasteiger partial charge in [0.25, 0.3) is 5.56 Å². The first-order chi connectivity index (χ1) is 13.7. The number of aliphatic hydroxyl groups excluding tert-OH is 1. The zero-order valence-electron chi connectivity index (χ0n) is 16.3. The Morgan fingerprint density at radius 2 is 1.89 bits per heavy atom. The third kappa shape index (κ3) is 3.87. The van der Waals surface area contributed by atoms with Crippen LogP contribution in [0.2, 0.25) is 0 Å². The molecule has 4 heterocycles. The fourth-order valence-corrected chi connectivity index (χ4v) is 3.82. The maximum atomic E-state index is 12.4. The van der Waals surface area contributed by atoms with Gasteiger partial charge in [-0.2, -0.15) is 5.10 Å². The predicted molar refractivity (Wildman–Crippen MR) is 110 cm³/mol. The fraction of sp³-hybridized carbons (Fsp3) is 0.429. The molecule has 148 valence electrons. The van der Waals surface area contributed by atoms with Crippen molar-refractivity contribution in [2.45, 2.75) is 13.0 Å². The van der Waals surface area contributed by atoms with Crippen LogP contribution in [0, 0.1) is 0 Å². The van der Waals surface area contributed by atoms with Gasteiger partial charge in [0.05, 0.1) is 12.2 Å². The lowest BCUT2D eigenvalue weighted by Crippen LogP contribution is -2.46. The lowest BCUT2D eigenvalue weighted by Gasteiger charge is -2.32. The number of piperazine rings is 1. The van der Waals surface area contributed by atoms with Gasteiger partial charge in [-0.25, -0.2) is 4.68 Å².